The van der Waals surface area contributed by atoms with Crippen molar-refractivity contribution in [3.8, 4) is 0 Å². The molecular formula is C20H14Cl3N3O2S. The summed E-state index contributed by atoms with van der Waals surface area (Å²) in [5.41, 5.74) is 1.39. The maximum absolute atomic E-state index is 12.7. The number of fused-ring (bicyclic) bond motifs is 1. The van der Waals surface area contributed by atoms with Crippen LogP contribution in [0.2, 0.25) is 15.1 Å². The van der Waals surface area contributed by atoms with E-state index < -0.39 is 10.0 Å². The number of nitrogens with one attached hydrogen (secondary N) is 1. The highest BCUT2D eigenvalue weighted by Gasteiger charge is 2.21. The summed E-state index contributed by atoms with van der Waals surface area (Å²) in [6.07, 6.45) is 3.05. The third-order valence-electron chi connectivity index (χ3n) is 4.36. The summed E-state index contributed by atoms with van der Waals surface area (Å²) in [6, 6.07) is 16.6. The molecule has 5 nitrogen and oxygen atoms in total. The number of rotatable bonds is 5. The van der Waals surface area contributed by atoms with Crippen molar-refractivity contribution in [2.45, 2.75) is 11.4 Å². The number of benzene rings is 3. The molecule has 0 saturated heterocycles. The maximum atomic E-state index is 12.7. The molecule has 0 aliphatic carbocycles. The first kappa shape index (κ1) is 20.0. The van der Waals surface area contributed by atoms with Gasteiger partial charge in [0.1, 0.15) is 4.90 Å². The Balaban J connectivity index is 1.59. The van der Waals surface area contributed by atoms with Crippen LogP contribution in [0.3, 0.4) is 0 Å². The van der Waals surface area contributed by atoms with Gasteiger partial charge in [-0.3, -0.25) is 9.40 Å². The summed E-state index contributed by atoms with van der Waals surface area (Å²) < 4.78 is 29.5. The molecule has 0 atom stereocenters. The van der Waals surface area contributed by atoms with Crippen LogP contribution in [0, 0.1) is 0 Å². The topological polar surface area (TPSA) is 64.0 Å². The standard InChI is InChI=1S/C20H14Cl3N3O2S/c21-17-8-19(23)20(9-18(17)22)29(27,28)25-15-10-24-26(12-15)11-14-6-3-5-13-4-1-2-7-16(13)14/h1-10,12,25H,11H2. The second-order valence-electron chi connectivity index (χ2n) is 6.37. The molecule has 0 bridgehead atoms. The summed E-state index contributed by atoms with van der Waals surface area (Å²) in [6.45, 7) is 0.497. The van der Waals surface area contributed by atoms with Crippen LogP contribution in [0.4, 0.5) is 5.69 Å². The van der Waals surface area contributed by atoms with Crippen molar-refractivity contribution in [3.05, 3.63) is 87.6 Å². The molecule has 1 heterocycles. The third-order valence-corrected chi connectivity index (χ3v) is 6.93. The van der Waals surface area contributed by atoms with Gasteiger partial charge >= 0.3 is 0 Å². The first-order valence-electron chi connectivity index (χ1n) is 8.50. The molecule has 1 N–H and O–H groups in total. The predicted octanol–water partition coefficient (Wildman–Crippen LogP) is 5.85. The fourth-order valence-corrected chi connectivity index (χ4v) is 5.06. The second-order valence-corrected chi connectivity index (χ2v) is 9.24. The Morgan fingerprint density at radius 2 is 1.66 bits per heavy atom. The van der Waals surface area contributed by atoms with Crippen molar-refractivity contribution < 1.29 is 8.42 Å². The molecule has 0 aliphatic heterocycles. The number of anilines is 1. The highest BCUT2D eigenvalue weighted by molar-refractivity contribution is 7.92. The monoisotopic (exact) mass is 465 g/mol. The molecule has 0 spiro atoms. The molecule has 148 valence electrons. The number of sulfonamides is 1. The lowest BCUT2D eigenvalue weighted by Crippen LogP contribution is -2.13. The number of nitrogens with zero attached hydrogens (tertiary/aromatic N) is 2. The number of hydrogen-bond acceptors (Lipinski definition) is 3. The van der Waals surface area contributed by atoms with Crippen LogP contribution in [-0.2, 0) is 16.6 Å². The zero-order chi connectivity index (χ0) is 20.6. The van der Waals surface area contributed by atoms with Gasteiger partial charge in [-0.15, -0.1) is 0 Å². The average molecular weight is 467 g/mol. The third kappa shape index (κ3) is 4.21. The van der Waals surface area contributed by atoms with Crippen LogP contribution in [0.25, 0.3) is 10.8 Å². The summed E-state index contributed by atoms with van der Waals surface area (Å²) in [5.74, 6) is 0. The minimum atomic E-state index is -3.96. The number of hydrogen-bond donors (Lipinski definition) is 1. The van der Waals surface area contributed by atoms with E-state index in [1.807, 2.05) is 42.5 Å². The largest absolute Gasteiger partial charge is 0.276 e. The van der Waals surface area contributed by atoms with Crippen molar-refractivity contribution in [1.82, 2.24) is 9.78 Å². The van der Waals surface area contributed by atoms with Gasteiger partial charge in [-0.05, 0) is 28.5 Å². The van der Waals surface area contributed by atoms with Crippen LogP contribution in [0.15, 0.2) is 71.9 Å². The quantitative estimate of drug-likeness (QED) is 0.375. The Kier molecular flexibility index (Phi) is 5.44. The number of aromatic nitrogens is 2. The van der Waals surface area contributed by atoms with Gasteiger partial charge in [0.25, 0.3) is 10.0 Å². The fourth-order valence-electron chi connectivity index (χ4n) is 3.03. The summed E-state index contributed by atoms with van der Waals surface area (Å²) in [4.78, 5) is -0.157. The van der Waals surface area contributed by atoms with E-state index in [4.69, 9.17) is 34.8 Å². The molecule has 0 fully saturated rings. The SMILES string of the molecule is O=S(=O)(Nc1cnn(Cc2cccc3ccccc23)c1)c1cc(Cl)c(Cl)cc1Cl. The molecule has 3 aromatic carbocycles. The smallest absolute Gasteiger partial charge is 0.263 e. The molecule has 0 aliphatic rings. The lowest BCUT2D eigenvalue weighted by Gasteiger charge is -2.09. The van der Waals surface area contributed by atoms with Gasteiger partial charge in [0.2, 0.25) is 0 Å². The Bertz CT molecular complexity index is 1310. The Hall–Kier alpha value is -2.25. The van der Waals surface area contributed by atoms with Crippen molar-refractivity contribution in [2.24, 2.45) is 0 Å². The summed E-state index contributed by atoms with van der Waals surface area (Å²) in [7, 11) is -3.96. The molecule has 9 heteroatoms. The number of halogens is 3. The zero-order valence-corrected chi connectivity index (χ0v) is 17.9. The molecule has 4 rings (SSSR count). The summed E-state index contributed by atoms with van der Waals surface area (Å²) >= 11 is 17.8. The summed E-state index contributed by atoms with van der Waals surface area (Å²) in [5, 5.41) is 6.77. The van der Waals surface area contributed by atoms with Gasteiger partial charge in [-0.2, -0.15) is 5.10 Å². The van der Waals surface area contributed by atoms with Gasteiger partial charge < -0.3 is 0 Å². The van der Waals surface area contributed by atoms with Crippen molar-refractivity contribution >= 4 is 61.3 Å². The van der Waals surface area contributed by atoms with E-state index in [0.717, 1.165) is 16.3 Å². The fraction of sp³-hybridized carbons (Fsp3) is 0.0500. The first-order chi connectivity index (χ1) is 13.8. The van der Waals surface area contributed by atoms with Gasteiger partial charge in [-0.25, -0.2) is 8.42 Å². The van der Waals surface area contributed by atoms with Crippen molar-refractivity contribution in [1.29, 1.82) is 0 Å². The van der Waals surface area contributed by atoms with Gasteiger partial charge in [0.05, 0.1) is 33.5 Å². The first-order valence-corrected chi connectivity index (χ1v) is 11.1. The van der Waals surface area contributed by atoms with Crippen LogP contribution >= 0.6 is 34.8 Å². The normalized spacial score (nSPS) is 11.7. The molecule has 29 heavy (non-hydrogen) atoms. The van der Waals surface area contributed by atoms with E-state index in [1.54, 1.807) is 10.9 Å². The van der Waals surface area contributed by atoms with Crippen molar-refractivity contribution in [3.63, 3.8) is 0 Å². The van der Waals surface area contributed by atoms with E-state index >= 15 is 0 Å². The van der Waals surface area contributed by atoms with Crippen LogP contribution < -0.4 is 4.72 Å². The molecule has 0 radical (unpaired) electrons. The van der Waals surface area contributed by atoms with Crippen molar-refractivity contribution in [2.75, 3.05) is 4.72 Å². The second kappa shape index (κ2) is 7.88. The molecule has 0 unspecified atom stereocenters. The van der Waals surface area contributed by atoms with Crippen LogP contribution in [0.1, 0.15) is 5.56 Å². The van der Waals surface area contributed by atoms with E-state index in [1.165, 1.54) is 18.3 Å². The zero-order valence-electron chi connectivity index (χ0n) is 14.8. The van der Waals surface area contributed by atoms with E-state index in [2.05, 4.69) is 9.82 Å². The highest BCUT2D eigenvalue weighted by atomic mass is 35.5. The Morgan fingerprint density at radius 1 is 0.931 bits per heavy atom. The minimum Gasteiger partial charge on any atom is -0.276 e. The maximum Gasteiger partial charge on any atom is 0.263 e. The van der Waals surface area contributed by atoms with Gasteiger partial charge in [0, 0.05) is 6.20 Å². The van der Waals surface area contributed by atoms with E-state index in [9.17, 15) is 8.42 Å². The van der Waals surface area contributed by atoms with Crippen LogP contribution in [-0.4, -0.2) is 18.2 Å². The Labute approximate surface area is 182 Å². The lowest BCUT2D eigenvalue weighted by molar-refractivity contribution is 0.601. The molecule has 1 aromatic heterocycles. The minimum absolute atomic E-state index is 0.0185. The van der Waals surface area contributed by atoms with E-state index in [-0.39, 0.29) is 20.0 Å². The highest BCUT2D eigenvalue weighted by Crippen LogP contribution is 2.32. The molecular weight excluding hydrogens is 453 g/mol. The van der Waals surface area contributed by atoms with Gasteiger partial charge in [0.15, 0.2) is 0 Å². The predicted molar refractivity (Wildman–Crippen MR) is 118 cm³/mol. The molecule has 0 saturated carbocycles. The average Bonchev–Trinajstić information content (AvgIpc) is 3.11. The Morgan fingerprint density at radius 3 is 2.48 bits per heavy atom. The lowest BCUT2D eigenvalue weighted by atomic mass is 10.0. The van der Waals surface area contributed by atoms with Gasteiger partial charge in [-0.1, -0.05) is 77.3 Å². The van der Waals surface area contributed by atoms with Crippen LogP contribution in [0.5, 0.6) is 0 Å². The molecule has 4 aromatic rings. The molecule has 0 amide bonds. The van der Waals surface area contributed by atoms with E-state index in [0.29, 0.717) is 12.2 Å².